The van der Waals surface area contributed by atoms with E-state index in [9.17, 15) is 5.11 Å². The fourth-order valence-corrected chi connectivity index (χ4v) is 0.971. The van der Waals surface area contributed by atoms with Crippen LogP contribution in [-0.2, 0) is 0 Å². The third-order valence-electron chi connectivity index (χ3n) is 1.69. The van der Waals surface area contributed by atoms with Crippen LogP contribution in [0.2, 0.25) is 0 Å². The van der Waals surface area contributed by atoms with E-state index < -0.39 is 6.10 Å². The molecule has 1 heteroatoms. The van der Waals surface area contributed by atoms with Crippen LogP contribution in [0.4, 0.5) is 0 Å². The van der Waals surface area contributed by atoms with E-state index >= 15 is 0 Å². The van der Waals surface area contributed by atoms with Crippen molar-refractivity contribution < 1.29 is 5.11 Å². The van der Waals surface area contributed by atoms with Gasteiger partial charge in [-0.3, -0.25) is 0 Å². The Kier molecular flexibility index (Phi) is 2.87. The van der Waals surface area contributed by atoms with Gasteiger partial charge in [-0.25, -0.2) is 0 Å². The highest BCUT2D eigenvalue weighted by Crippen LogP contribution is 2.13. The molecule has 0 unspecified atom stereocenters. The molecule has 1 N–H and O–H groups in total. The van der Waals surface area contributed by atoms with Gasteiger partial charge in [0.2, 0.25) is 0 Å². The maximum Gasteiger partial charge on any atom is 0.104 e. The third kappa shape index (κ3) is 2.09. The highest BCUT2D eigenvalue weighted by atomic mass is 16.3. The lowest BCUT2D eigenvalue weighted by molar-refractivity contribution is 0.229. The lowest BCUT2D eigenvalue weighted by Crippen LogP contribution is -1.91. The Morgan fingerprint density at radius 1 is 1.42 bits per heavy atom. The monoisotopic (exact) mass is 160 g/mol. The van der Waals surface area contributed by atoms with Crippen LogP contribution < -0.4 is 0 Å². The summed E-state index contributed by atoms with van der Waals surface area (Å²) in [5, 5.41) is 9.45. The van der Waals surface area contributed by atoms with E-state index in [2.05, 4.69) is 12.3 Å². The molecule has 0 radical (unpaired) electrons. The van der Waals surface area contributed by atoms with E-state index in [-0.39, 0.29) is 0 Å². The topological polar surface area (TPSA) is 20.2 Å². The zero-order valence-corrected chi connectivity index (χ0v) is 7.12. The predicted molar refractivity (Wildman–Crippen MR) is 49.8 cm³/mol. The summed E-state index contributed by atoms with van der Waals surface area (Å²) in [4.78, 5) is 0. The molecule has 0 aliphatic heterocycles. The van der Waals surface area contributed by atoms with E-state index in [4.69, 9.17) is 0 Å². The van der Waals surface area contributed by atoms with Gasteiger partial charge in [-0.05, 0) is 18.6 Å². The molecule has 0 saturated carbocycles. The highest BCUT2D eigenvalue weighted by molar-refractivity contribution is 5.25. The second-order valence-corrected chi connectivity index (χ2v) is 2.73. The molecule has 1 aromatic rings. The summed E-state index contributed by atoms with van der Waals surface area (Å²) < 4.78 is 0. The van der Waals surface area contributed by atoms with Gasteiger partial charge in [-0.2, -0.15) is 0 Å². The summed E-state index contributed by atoms with van der Waals surface area (Å²) in [7, 11) is 0. The Hall–Kier alpha value is -1.30. The van der Waals surface area contributed by atoms with Gasteiger partial charge in [-0.1, -0.05) is 36.4 Å². The minimum atomic E-state index is -0.580. The quantitative estimate of drug-likeness (QED) is 0.658. The Morgan fingerprint density at radius 2 is 2.00 bits per heavy atom. The van der Waals surface area contributed by atoms with Gasteiger partial charge in [0.1, 0.15) is 6.10 Å². The summed E-state index contributed by atoms with van der Waals surface area (Å²) in [6.07, 6.45) is 0.952. The maximum absolute atomic E-state index is 9.45. The number of rotatable bonds is 2. The molecule has 1 aromatic carbocycles. The normalized spacial score (nSPS) is 11.8. The average Bonchev–Trinajstić information content (AvgIpc) is 2.06. The van der Waals surface area contributed by atoms with Crippen molar-refractivity contribution in [2.75, 3.05) is 0 Å². The molecule has 0 aromatic heterocycles. The largest absolute Gasteiger partial charge is 0.384 e. The van der Waals surface area contributed by atoms with Gasteiger partial charge >= 0.3 is 0 Å². The number of aryl methyl sites for hydroxylation is 1. The number of aliphatic hydroxyl groups excluding tert-OH is 1. The first kappa shape index (κ1) is 8.79. The molecule has 0 heterocycles. The number of benzene rings is 1. The van der Waals surface area contributed by atoms with Crippen molar-refractivity contribution in [2.45, 2.75) is 13.0 Å². The standard InChI is InChI=1S/C11H12O/c1-3-4-11(12)10-7-5-9(2)6-8-10/h4-8,11-12H,1H2,2H3/t11-/m1/s1. The van der Waals surface area contributed by atoms with Crippen molar-refractivity contribution in [3.05, 3.63) is 53.8 Å². The van der Waals surface area contributed by atoms with Gasteiger partial charge in [-0.15, -0.1) is 5.73 Å². The molecule has 0 fully saturated rings. The Labute approximate surface area is 72.7 Å². The van der Waals surface area contributed by atoms with Crippen LogP contribution >= 0.6 is 0 Å². The van der Waals surface area contributed by atoms with Crippen molar-refractivity contribution in [3.63, 3.8) is 0 Å². The fourth-order valence-electron chi connectivity index (χ4n) is 0.971. The molecule has 1 atom stereocenters. The zero-order chi connectivity index (χ0) is 8.97. The van der Waals surface area contributed by atoms with E-state index in [1.165, 1.54) is 11.6 Å². The van der Waals surface area contributed by atoms with Crippen molar-refractivity contribution >= 4 is 0 Å². The summed E-state index contributed by atoms with van der Waals surface area (Å²) in [5.41, 5.74) is 4.62. The molecule has 0 bridgehead atoms. The summed E-state index contributed by atoms with van der Waals surface area (Å²) in [6.45, 7) is 5.42. The Bertz CT molecular complexity index is 291. The number of hydrogen-bond acceptors (Lipinski definition) is 1. The number of hydrogen-bond donors (Lipinski definition) is 1. The van der Waals surface area contributed by atoms with Crippen LogP contribution in [0.5, 0.6) is 0 Å². The van der Waals surface area contributed by atoms with Gasteiger partial charge in [0.05, 0.1) is 0 Å². The first-order valence-electron chi connectivity index (χ1n) is 3.84. The third-order valence-corrected chi connectivity index (χ3v) is 1.69. The minimum absolute atomic E-state index is 0.580. The smallest absolute Gasteiger partial charge is 0.104 e. The molecular weight excluding hydrogens is 148 g/mol. The van der Waals surface area contributed by atoms with E-state index in [0.717, 1.165) is 5.56 Å². The summed E-state index contributed by atoms with van der Waals surface area (Å²) in [5.74, 6) is 0. The maximum atomic E-state index is 9.45. The average molecular weight is 160 g/mol. The van der Waals surface area contributed by atoms with Crippen LogP contribution in [0.15, 0.2) is 42.7 Å². The first-order chi connectivity index (χ1) is 5.74. The molecule has 62 valence electrons. The van der Waals surface area contributed by atoms with Crippen LogP contribution in [0, 0.1) is 6.92 Å². The van der Waals surface area contributed by atoms with Gasteiger partial charge in [0.15, 0.2) is 0 Å². The van der Waals surface area contributed by atoms with E-state index in [1.807, 2.05) is 31.2 Å². The molecule has 0 aliphatic carbocycles. The molecule has 1 nitrogen and oxygen atoms in total. The SMILES string of the molecule is C=C=C[C@@H](O)c1ccc(C)cc1. The Balaban J connectivity index is 2.89. The molecule has 0 amide bonds. The first-order valence-corrected chi connectivity index (χ1v) is 3.84. The lowest BCUT2D eigenvalue weighted by Gasteiger charge is -2.04. The van der Waals surface area contributed by atoms with E-state index in [1.54, 1.807) is 0 Å². The highest BCUT2D eigenvalue weighted by Gasteiger charge is 2.00. The van der Waals surface area contributed by atoms with Gasteiger partial charge < -0.3 is 5.11 Å². The van der Waals surface area contributed by atoms with E-state index in [0.29, 0.717) is 0 Å². The van der Waals surface area contributed by atoms with Gasteiger partial charge in [0.25, 0.3) is 0 Å². The fraction of sp³-hybridized carbons (Fsp3) is 0.182. The molecule has 12 heavy (non-hydrogen) atoms. The molecule has 0 saturated heterocycles. The zero-order valence-electron chi connectivity index (χ0n) is 7.12. The molecule has 0 aliphatic rings. The van der Waals surface area contributed by atoms with Crippen molar-refractivity contribution in [2.24, 2.45) is 0 Å². The second-order valence-electron chi connectivity index (χ2n) is 2.73. The second kappa shape index (κ2) is 3.91. The van der Waals surface area contributed by atoms with Crippen molar-refractivity contribution in [1.29, 1.82) is 0 Å². The summed E-state index contributed by atoms with van der Waals surface area (Å²) in [6, 6.07) is 7.73. The summed E-state index contributed by atoms with van der Waals surface area (Å²) >= 11 is 0. The number of aliphatic hydroxyl groups is 1. The van der Waals surface area contributed by atoms with Crippen LogP contribution in [-0.4, -0.2) is 5.11 Å². The van der Waals surface area contributed by atoms with Crippen LogP contribution in [0.3, 0.4) is 0 Å². The van der Waals surface area contributed by atoms with Crippen molar-refractivity contribution in [3.8, 4) is 0 Å². The molecule has 0 spiro atoms. The van der Waals surface area contributed by atoms with Crippen molar-refractivity contribution in [1.82, 2.24) is 0 Å². The van der Waals surface area contributed by atoms with Crippen LogP contribution in [0.25, 0.3) is 0 Å². The lowest BCUT2D eigenvalue weighted by atomic mass is 10.1. The predicted octanol–water partition coefficient (Wildman–Crippen LogP) is 2.37. The van der Waals surface area contributed by atoms with Crippen LogP contribution in [0.1, 0.15) is 17.2 Å². The Morgan fingerprint density at radius 3 is 2.50 bits per heavy atom. The molecule has 1 rings (SSSR count). The minimum Gasteiger partial charge on any atom is -0.384 e. The van der Waals surface area contributed by atoms with Gasteiger partial charge in [0, 0.05) is 0 Å². The molecular formula is C11H12O.